The summed E-state index contributed by atoms with van der Waals surface area (Å²) in [5.74, 6) is 0.747. The van der Waals surface area contributed by atoms with Crippen LogP contribution in [-0.2, 0) is 24.2 Å². The van der Waals surface area contributed by atoms with Crippen molar-refractivity contribution in [1.82, 2.24) is 15.1 Å². The van der Waals surface area contributed by atoms with Gasteiger partial charge in [-0.2, -0.15) is 0 Å². The Balaban J connectivity index is 1.57. The van der Waals surface area contributed by atoms with E-state index in [-0.39, 0.29) is 17.8 Å². The zero-order valence-electron chi connectivity index (χ0n) is 22.4. The monoisotopic (exact) mass is 527 g/mol. The maximum Gasteiger partial charge on any atom is 0.326 e. The van der Waals surface area contributed by atoms with Gasteiger partial charge in [0.2, 0.25) is 5.91 Å². The Morgan fingerprint density at radius 1 is 0.974 bits per heavy atom. The second-order valence-corrected chi connectivity index (χ2v) is 9.68. The molecule has 1 aliphatic rings. The molecule has 204 valence electrons. The molecule has 1 saturated heterocycles. The third kappa shape index (κ3) is 7.03. The summed E-state index contributed by atoms with van der Waals surface area (Å²) in [5, 5.41) is 12.1. The number of ether oxygens (including phenoxy) is 1. The molecule has 3 aromatic rings. The second-order valence-electron chi connectivity index (χ2n) is 9.68. The number of carbonyl (C=O) groups excluding carboxylic acids is 2. The summed E-state index contributed by atoms with van der Waals surface area (Å²) in [6, 6.07) is 25.6. The number of nitrogens with two attached hydrogens (primary N) is 1. The number of benzene rings is 3. The van der Waals surface area contributed by atoms with E-state index < -0.39 is 12.1 Å². The fourth-order valence-corrected chi connectivity index (χ4v) is 4.93. The molecule has 39 heavy (non-hydrogen) atoms. The Labute approximate surface area is 230 Å². The number of carbonyl (C=O) groups is 2. The topological polar surface area (TPSA) is 112 Å². The molecule has 1 fully saturated rings. The molecular weight excluding hydrogens is 490 g/mol. The van der Waals surface area contributed by atoms with Gasteiger partial charge in [-0.15, -0.1) is 0 Å². The van der Waals surface area contributed by atoms with E-state index in [1.165, 1.54) is 4.90 Å². The van der Waals surface area contributed by atoms with Gasteiger partial charge in [0.05, 0.1) is 13.2 Å². The van der Waals surface area contributed by atoms with Crippen LogP contribution in [0.5, 0.6) is 5.75 Å². The quantitative estimate of drug-likeness (QED) is 0.312. The standard InChI is InChI=1S/C31H37N5O3/c1-39-26-16-14-23(15-17-26)18-20-35-29(33)28(21-24-9-4-2-5-10-24)36(31(35)38)27(13-8-19-32)30(37)34-22-25-11-6-3-7-12-25/h2-7,9-12,14-17,27-28,33H,8,13,18-22,32H2,1H3,(H,34,37)/t27-,28-/m0/s1. The second kappa shape index (κ2) is 13.6. The van der Waals surface area contributed by atoms with Gasteiger partial charge in [-0.3, -0.25) is 15.1 Å². The maximum absolute atomic E-state index is 13.9. The lowest BCUT2D eigenvalue weighted by Gasteiger charge is -2.31. The van der Waals surface area contributed by atoms with Crippen molar-refractivity contribution in [3.63, 3.8) is 0 Å². The molecule has 3 amide bonds. The first-order valence-corrected chi connectivity index (χ1v) is 13.4. The number of amides is 3. The summed E-state index contributed by atoms with van der Waals surface area (Å²) in [4.78, 5) is 30.6. The van der Waals surface area contributed by atoms with Crippen LogP contribution >= 0.6 is 0 Å². The fourth-order valence-electron chi connectivity index (χ4n) is 4.93. The van der Waals surface area contributed by atoms with Crippen LogP contribution in [0.1, 0.15) is 29.5 Å². The number of rotatable bonds is 13. The molecule has 0 saturated carbocycles. The average molecular weight is 528 g/mol. The van der Waals surface area contributed by atoms with Crippen molar-refractivity contribution in [2.45, 2.75) is 44.3 Å². The number of amidine groups is 1. The van der Waals surface area contributed by atoms with Crippen molar-refractivity contribution in [2.24, 2.45) is 5.73 Å². The molecule has 0 bridgehead atoms. The van der Waals surface area contributed by atoms with Crippen LogP contribution in [0, 0.1) is 5.41 Å². The number of nitrogens with zero attached hydrogens (tertiary/aromatic N) is 2. The number of hydrogen-bond donors (Lipinski definition) is 3. The minimum absolute atomic E-state index is 0.214. The largest absolute Gasteiger partial charge is 0.497 e. The fraction of sp³-hybridized carbons (Fsp3) is 0.323. The van der Waals surface area contributed by atoms with Crippen molar-refractivity contribution in [3.05, 3.63) is 102 Å². The normalized spacial score (nSPS) is 15.9. The van der Waals surface area contributed by atoms with Crippen LogP contribution in [0.3, 0.4) is 0 Å². The SMILES string of the molecule is COc1ccc(CCN2C(=N)[C@H](Cc3ccccc3)N([C@@H](CCCN)C(=O)NCc3ccccc3)C2=O)cc1. The molecule has 2 atom stereocenters. The van der Waals surface area contributed by atoms with E-state index in [2.05, 4.69) is 5.32 Å². The van der Waals surface area contributed by atoms with E-state index in [1.54, 1.807) is 12.0 Å². The lowest BCUT2D eigenvalue weighted by molar-refractivity contribution is -0.126. The molecule has 8 nitrogen and oxygen atoms in total. The summed E-state index contributed by atoms with van der Waals surface area (Å²) in [5.41, 5.74) is 8.84. The summed E-state index contributed by atoms with van der Waals surface area (Å²) in [7, 11) is 1.62. The molecule has 0 aliphatic carbocycles. The van der Waals surface area contributed by atoms with E-state index >= 15 is 0 Å². The van der Waals surface area contributed by atoms with Crippen LogP contribution in [0.15, 0.2) is 84.9 Å². The van der Waals surface area contributed by atoms with E-state index in [9.17, 15) is 9.59 Å². The zero-order chi connectivity index (χ0) is 27.6. The molecular formula is C31H37N5O3. The highest BCUT2D eigenvalue weighted by Crippen LogP contribution is 2.27. The van der Waals surface area contributed by atoms with Crippen molar-refractivity contribution in [2.75, 3.05) is 20.2 Å². The van der Waals surface area contributed by atoms with E-state index in [0.29, 0.717) is 45.3 Å². The first-order valence-electron chi connectivity index (χ1n) is 13.4. The first-order chi connectivity index (χ1) is 19.0. The molecule has 3 aromatic carbocycles. The predicted molar refractivity (Wildman–Crippen MR) is 153 cm³/mol. The van der Waals surface area contributed by atoms with Crippen LogP contribution in [-0.4, -0.2) is 59.9 Å². The maximum atomic E-state index is 13.9. The van der Waals surface area contributed by atoms with Crippen molar-refractivity contribution < 1.29 is 14.3 Å². The van der Waals surface area contributed by atoms with Crippen LogP contribution in [0.2, 0.25) is 0 Å². The van der Waals surface area contributed by atoms with Gasteiger partial charge in [0.25, 0.3) is 0 Å². The van der Waals surface area contributed by atoms with Gasteiger partial charge in [0, 0.05) is 19.5 Å². The number of urea groups is 1. The summed E-state index contributed by atoms with van der Waals surface area (Å²) < 4.78 is 5.24. The zero-order valence-corrected chi connectivity index (χ0v) is 22.4. The molecule has 4 N–H and O–H groups in total. The third-order valence-corrected chi connectivity index (χ3v) is 7.08. The van der Waals surface area contributed by atoms with E-state index in [0.717, 1.165) is 22.4 Å². The summed E-state index contributed by atoms with van der Waals surface area (Å²) in [6.45, 7) is 1.12. The van der Waals surface area contributed by atoms with Crippen LogP contribution < -0.4 is 15.8 Å². The van der Waals surface area contributed by atoms with Crippen LogP contribution in [0.4, 0.5) is 4.79 Å². The lowest BCUT2D eigenvalue weighted by Crippen LogP contribution is -2.52. The van der Waals surface area contributed by atoms with Gasteiger partial charge in [-0.1, -0.05) is 72.8 Å². The molecule has 1 heterocycles. The molecule has 0 radical (unpaired) electrons. The number of nitrogens with one attached hydrogen (secondary N) is 2. The summed E-state index contributed by atoms with van der Waals surface area (Å²) >= 11 is 0. The minimum atomic E-state index is -0.732. The highest BCUT2D eigenvalue weighted by atomic mass is 16.5. The van der Waals surface area contributed by atoms with E-state index in [4.69, 9.17) is 15.9 Å². The Bertz CT molecular complexity index is 1230. The molecule has 1 aliphatic heterocycles. The van der Waals surface area contributed by atoms with Gasteiger partial charge in [-0.25, -0.2) is 4.79 Å². The highest BCUT2D eigenvalue weighted by Gasteiger charge is 2.47. The van der Waals surface area contributed by atoms with Crippen molar-refractivity contribution >= 4 is 17.8 Å². The average Bonchev–Trinajstić information content (AvgIpc) is 3.20. The van der Waals surface area contributed by atoms with Crippen molar-refractivity contribution in [1.29, 1.82) is 5.41 Å². The Morgan fingerprint density at radius 2 is 1.62 bits per heavy atom. The van der Waals surface area contributed by atoms with Gasteiger partial charge in [-0.05, 0) is 54.6 Å². The van der Waals surface area contributed by atoms with E-state index in [1.807, 2.05) is 84.9 Å². The molecule has 0 unspecified atom stereocenters. The smallest absolute Gasteiger partial charge is 0.326 e. The Morgan fingerprint density at radius 3 is 2.23 bits per heavy atom. The predicted octanol–water partition coefficient (Wildman–Crippen LogP) is 3.99. The van der Waals surface area contributed by atoms with Gasteiger partial charge in [0.1, 0.15) is 17.6 Å². The number of methoxy groups -OCH3 is 1. The molecule has 8 heteroatoms. The lowest BCUT2D eigenvalue weighted by atomic mass is 10.0. The van der Waals surface area contributed by atoms with Crippen molar-refractivity contribution in [3.8, 4) is 5.75 Å². The first kappa shape index (κ1) is 27.9. The molecule has 0 aromatic heterocycles. The molecule has 4 rings (SSSR count). The van der Waals surface area contributed by atoms with Gasteiger partial charge < -0.3 is 20.7 Å². The molecule has 0 spiro atoms. The highest BCUT2D eigenvalue weighted by molar-refractivity contribution is 6.07. The Kier molecular flexibility index (Phi) is 9.69. The van der Waals surface area contributed by atoms with Gasteiger partial charge in [0.15, 0.2) is 0 Å². The third-order valence-electron chi connectivity index (χ3n) is 7.08. The summed E-state index contributed by atoms with van der Waals surface area (Å²) in [6.07, 6.45) is 2.05. The minimum Gasteiger partial charge on any atom is -0.497 e. The van der Waals surface area contributed by atoms with Gasteiger partial charge >= 0.3 is 6.03 Å². The van der Waals surface area contributed by atoms with Crippen LogP contribution in [0.25, 0.3) is 0 Å². The number of hydrogen-bond acceptors (Lipinski definition) is 5. The Hall–Kier alpha value is -4.17.